The Morgan fingerprint density at radius 1 is 1.71 bits per heavy atom. The van der Waals surface area contributed by atoms with Crippen molar-refractivity contribution in [1.29, 1.82) is 0 Å². The summed E-state index contributed by atoms with van der Waals surface area (Å²) in [6.07, 6.45) is 2.90. The number of halogens is 1. The molecule has 0 amide bonds. The number of pyridine rings is 1. The van der Waals surface area contributed by atoms with E-state index in [1.165, 1.54) is 12.3 Å². The number of nitro groups is 1. The van der Waals surface area contributed by atoms with E-state index in [0.717, 1.165) is 0 Å². The van der Waals surface area contributed by atoms with Gasteiger partial charge in [0.15, 0.2) is 0 Å². The van der Waals surface area contributed by atoms with Gasteiger partial charge in [0.05, 0.1) is 9.95 Å². The van der Waals surface area contributed by atoms with Crippen LogP contribution in [-0.2, 0) is 10.8 Å². The Labute approximate surface area is 106 Å². The van der Waals surface area contributed by atoms with Crippen LogP contribution in [0.3, 0.4) is 0 Å². The van der Waals surface area contributed by atoms with E-state index in [-0.39, 0.29) is 22.6 Å². The van der Waals surface area contributed by atoms with Gasteiger partial charge in [-0.3, -0.25) is 14.3 Å². The van der Waals surface area contributed by atoms with Crippen molar-refractivity contribution in [3.05, 3.63) is 27.4 Å². The molecule has 0 aliphatic heterocycles. The third-order valence-electron chi connectivity index (χ3n) is 1.90. The highest BCUT2D eigenvalue weighted by molar-refractivity contribution is 7.84. The molecule has 0 saturated heterocycles. The second-order valence-corrected chi connectivity index (χ2v) is 5.48. The van der Waals surface area contributed by atoms with Crippen molar-refractivity contribution in [3.63, 3.8) is 0 Å². The van der Waals surface area contributed by atoms with E-state index in [9.17, 15) is 14.3 Å². The maximum Gasteiger partial charge on any atom is 0.312 e. The van der Waals surface area contributed by atoms with Crippen LogP contribution in [0.25, 0.3) is 0 Å². The minimum atomic E-state index is -0.977. The van der Waals surface area contributed by atoms with Gasteiger partial charge in [-0.1, -0.05) is 11.6 Å². The molecule has 0 spiro atoms. The number of aromatic nitrogens is 1. The molecule has 1 rings (SSSR count). The van der Waals surface area contributed by atoms with Crippen LogP contribution in [0, 0.1) is 10.1 Å². The fourth-order valence-corrected chi connectivity index (χ4v) is 2.25. The standard InChI is InChI=1S/C9H12ClN3O3S/c1-6(5-17(2)16)12-9-8(13(14)15)3-7(10)4-11-9/h3-4,6H,5H2,1-2H3,(H,11,12). The summed E-state index contributed by atoms with van der Waals surface area (Å²) < 4.78 is 11.0. The molecule has 6 nitrogen and oxygen atoms in total. The van der Waals surface area contributed by atoms with Gasteiger partial charge < -0.3 is 5.32 Å². The Morgan fingerprint density at radius 2 is 2.35 bits per heavy atom. The zero-order valence-corrected chi connectivity index (χ0v) is 10.9. The molecule has 17 heavy (non-hydrogen) atoms. The molecule has 1 aromatic rings. The van der Waals surface area contributed by atoms with Crippen molar-refractivity contribution in [3.8, 4) is 0 Å². The van der Waals surface area contributed by atoms with Crippen LogP contribution in [-0.4, -0.2) is 32.2 Å². The van der Waals surface area contributed by atoms with E-state index >= 15 is 0 Å². The van der Waals surface area contributed by atoms with Crippen LogP contribution >= 0.6 is 11.6 Å². The van der Waals surface area contributed by atoms with Gasteiger partial charge in [0.2, 0.25) is 5.82 Å². The molecule has 0 bridgehead atoms. The van der Waals surface area contributed by atoms with Crippen LogP contribution in [0.5, 0.6) is 0 Å². The molecule has 1 heterocycles. The maximum atomic E-state index is 11.0. The van der Waals surface area contributed by atoms with Gasteiger partial charge in [-0.05, 0) is 6.92 Å². The number of nitrogens with zero attached hydrogens (tertiary/aromatic N) is 2. The second kappa shape index (κ2) is 5.92. The van der Waals surface area contributed by atoms with Crippen LogP contribution in [0.15, 0.2) is 12.3 Å². The molecule has 2 atom stereocenters. The van der Waals surface area contributed by atoms with E-state index in [1.807, 2.05) is 0 Å². The Kier molecular flexibility index (Phi) is 4.83. The fourth-order valence-electron chi connectivity index (χ4n) is 1.31. The summed E-state index contributed by atoms with van der Waals surface area (Å²) in [6.45, 7) is 1.78. The molecule has 1 N–H and O–H groups in total. The van der Waals surface area contributed by atoms with Gasteiger partial charge >= 0.3 is 5.69 Å². The predicted octanol–water partition coefficient (Wildman–Crippen LogP) is 1.82. The van der Waals surface area contributed by atoms with Gasteiger partial charge in [0, 0.05) is 41.1 Å². The quantitative estimate of drug-likeness (QED) is 0.655. The molecule has 0 radical (unpaired) electrons. The predicted molar refractivity (Wildman–Crippen MR) is 67.9 cm³/mol. The first-order chi connectivity index (χ1) is 7.90. The molecule has 1 aromatic heterocycles. The first-order valence-corrected chi connectivity index (χ1v) is 6.87. The van der Waals surface area contributed by atoms with Crippen molar-refractivity contribution >= 4 is 33.9 Å². The minimum Gasteiger partial charge on any atom is -0.361 e. The van der Waals surface area contributed by atoms with Crippen molar-refractivity contribution in [2.75, 3.05) is 17.3 Å². The Balaban J connectivity index is 2.90. The summed E-state index contributed by atoms with van der Waals surface area (Å²) in [7, 11) is -0.977. The smallest absolute Gasteiger partial charge is 0.312 e. The van der Waals surface area contributed by atoms with E-state index in [0.29, 0.717) is 5.75 Å². The van der Waals surface area contributed by atoms with Crippen molar-refractivity contribution in [2.45, 2.75) is 13.0 Å². The van der Waals surface area contributed by atoms with Gasteiger partial charge in [-0.2, -0.15) is 0 Å². The number of hydrogen-bond acceptors (Lipinski definition) is 5. The van der Waals surface area contributed by atoms with E-state index < -0.39 is 15.7 Å². The Hall–Kier alpha value is -1.21. The van der Waals surface area contributed by atoms with Gasteiger partial charge in [0.1, 0.15) is 0 Å². The van der Waals surface area contributed by atoms with Crippen molar-refractivity contribution in [1.82, 2.24) is 4.98 Å². The second-order valence-electron chi connectivity index (χ2n) is 3.56. The summed E-state index contributed by atoms with van der Waals surface area (Å²) in [5.41, 5.74) is -0.189. The molecule has 0 fully saturated rings. The summed E-state index contributed by atoms with van der Waals surface area (Å²) >= 11 is 5.64. The average Bonchev–Trinajstić information content (AvgIpc) is 2.19. The number of anilines is 1. The molecule has 0 saturated carbocycles. The van der Waals surface area contributed by atoms with Crippen molar-refractivity contribution in [2.24, 2.45) is 0 Å². The van der Waals surface area contributed by atoms with Crippen molar-refractivity contribution < 1.29 is 9.13 Å². The molecular weight excluding hydrogens is 266 g/mol. The monoisotopic (exact) mass is 277 g/mol. The largest absolute Gasteiger partial charge is 0.361 e. The van der Waals surface area contributed by atoms with Crippen LogP contribution in [0.2, 0.25) is 5.02 Å². The summed E-state index contributed by atoms with van der Waals surface area (Å²) in [6, 6.07) is 1.06. The lowest BCUT2D eigenvalue weighted by Gasteiger charge is -2.12. The highest BCUT2D eigenvalue weighted by Crippen LogP contribution is 2.25. The SMILES string of the molecule is CC(CS(C)=O)Nc1ncc(Cl)cc1[N+](=O)[O-]. The molecule has 8 heteroatoms. The number of rotatable bonds is 5. The molecule has 0 aliphatic rings. The third kappa shape index (κ3) is 4.27. The van der Waals surface area contributed by atoms with E-state index in [1.54, 1.807) is 13.2 Å². The third-order valence-corrected chi connectivity index (χ3v) is 3.07. The molecule has 0 aromatic carbocycles. The topological polar surface area (TPSA) is 85.1 Å². The van der Waals surface area contributed by atoms with Gasteiger partial charge in [0.25, 0.3) is 0 Å². The molecule has 2 unspecified atom stereocenters. The number of nitrogens with one attached hydrogen (secondary N) is 1. The Morgan fingerprint density at radius 3 is 2.88 bits per heavy atom. The normalized spacial score (nSPS) is 14.1. The van der Waals surface area contributed by atoms with Crippen LogP contribution < -0.4 is 5.32 Å². The van der Waals surface area contributed by atoms with Gasteiger partial charge in [-0.15, -0.1) is 0 Å². The highest BCUT2D eigenvalue weighted by atomic mass is 35.5. The highest BCUT2D eigenvalue weighted by Gasteiger charge is 2.17. The minimum absolute atomic E-state index is 0.136. The average molecular weight is 278 g/mol. The molecule has 94 valence electrons. The zero-order valence-electron chi connectivity index (χ0n) is 9.34. The first-order valence-electron chi connectivity index (χ1n) is 4.76. The lowest BCUT2D eigenvalue weighted by Crippen LogP contribution is -2.23. The van der Waals surface area contributed by atoms with Gasteiger partial charge in [-0.25, -0.2) is 4.98 Å². The summed E-state index contributed by atoms with van der Waals surface area (Å²) in [5, 5.41) is 13.8. The summed E-state index contributed by atoms with van der Waals surface area (Å²) in [4.78, 5) is 14.1. The molecular formula is C9H12ClN3O3S. The fraction of sp³-hybridized carbons (Fsp3) is 0.444. The summed E-state index contributed by atoms with van der Waals surface area (Å²) in [5.74, 6) is 0.527. The first kappa shape index (κ1) is 13.9. The maximum absolute atomic E-state index is 11.0. The lowest BCUT2D eigenvalue weighted by atomic mass is 10.3. The van der Waals surface area contributed by atoms with E-state index in [2.05, 4.69) is 10.3 Å². The Bertz CT molecular complexity index is 455. The molecule has 0 aliphatic carbocycles. The zero-order chi connectivity index (χ0) is 13.0. The van der Waals surface area contributed by atoms with Crippen LogP contribution in [0.1, 0.15) is 6.92 Å². The van der Waals surface area contributed by atoms with Crippen LogP contribution in [0.4, 0.5) is 11.5 Å². The number of hydrogen-bond donors (Lipinski definition) is 1. The van der Waals surface area contributed by atoms with E-state index in [4.69, 9.17) is 11.6 Å². The lowest BCUT2D eigenvalue weighted by molar-refractivity contribution is -0.384.